The highest BCUT2D eigenvalue weighted by Gasteiger charge is 2.51. The van der Waals surface area contributed by atoms with E-state index in [4.69, 9.17) is 0 Å². The van der Waals surface area contributed by atoms with Gasteiger partial charge in [-0.05, 0) is 49.9 Å². The first-order chi connectivity index (χ1) is 14.1. The van der Waals surface area contributed by atoms with Gasteiger partial charge in [0.2, 0.25) is 0 Å². The van der Waals surface area contributed by atoms with Crippen molar-refractivity contribution in [2.24, 2.45) is 5.41 Å². The topological polar surface area (TPSA) is 89.7 Å². The van der Waals surface area contributed by atoms with Gasteiger partial charge >= 0.3 is 0 Å². The van der Waals surface area contributed by atoms with E-state index in [0.29, 0.717) is 22.8 Å². The first kappa shape index (κ1) is 19.1. The van der Waals surface area contributed by atoms with E-state index in [1.165, 1.54) is 31.5 Å². The summed E-state index contributed by atoms with van der Waals surface area (Å²) < 4.78 is 0. The number of aromatic amines is 2. The minimum absolute atomic E-state index is 0. The summed E-state index contributed by atoms with van der Waals surface area (Å²) in [5.41, 5.74) is 4.20. The minimum atomic E-state index is -0.189. The van der Waals surface area contributed by atoms with Gasteiger partial charge in [0.25, 0.3) is 5.91 Å². The summed E-state index contributed by atoms with van der Waals surface area (Å²) in [6.07, 6.45) is 7.50. The zero-order chi connectivity index (χ0) is 19.6. The quantitative estimate of drug-likeness (QED) is 0.460. The maximum absolute atomic E-state index is 12.6. The molecule has 7 nitrogen and oxygen atoms in total. The van der Waals surface area contributed by atoms with Crippen molar-refractivity contribution < 1.29 is 4.79 Å². The minimum Gasteiger partial charge on any atom is -0.357 e. The van der Waals surface area contributed by atoms with Crippen LogP contribution in [0.15, 0.2) is 42.7 Å². The Hall–Kier alpha value is -2.90. The van der Waals surface area contributed by atoms with Crippen LogP contribution in [0.3, 0.4) is 0 Å². The van der Waals surface area contributed by atoms with Gasteiger partial charge in [-0.15, -0.1) is 12.4 Å². The fourth-order valence-electron chi connectivity index (χ4n) is 4.72. The highest BCUT2D eigenvalue weighted by Crippen LogP contribution is 2.57. The smallest absolute Gasteiger partial charge is 0.256 e. The number of H-pyrrole nitrogens is 2. The average Bonchev–Trinajstić information content (AvgIpc) is 3.07. The van der Waals surface area contributed by atoms with Crippen LogP contribution in [0.2, 0.25) is 0 Å². The third-order valence-corrected chi connectivity index (χ3v) is 6.53. The van der Waals surface area contributed by atoms with E-state index in [-0.39, 0.29) is 18.3 Å². The largest absolute Gasteiger partial charge is 0.357 e. The van der Waals surface area contributed by atoms with Gasteiger partial charge in [-0.25, -0.2) is 4.98 Å². The van der Waals surface area contributed by atoms with Crippen LogP contribution in [-0.4, -0.2) is 44.6 Å². The maximum Gasteiger partial charge on any atom is 0.256 e. The van der Waals surface area contributed by atoms with E-state index in [1.54, 1.807) is 18.3 Å². The van der Waals surface area contributed by atoms with E-state index in [0.717, 1.165) is 21.8 Å². The Labute approximate surface area is 179 Å². The van der Waals surface area contributed by atoms with Crippen molar-refractivity contribution in [1.29, 1.82) is 0 Å². The van der Waals surface area contributed by atoms with Crippen LogP contribution in [-0.2, 0) is 0 Å². The van der Waals surface area contributed by atoms with E-state index in [2.05, 4.69) is 43.5 Å². The summed E-state index contributed by atoms with van der Waals surface area (Å²) in [6, 6.07) is 10.0. The first-order valence-corrected chi connectivity index (χ1v) is 10.0. The number of carbonyl (C=O) groups is 1. The van der Waals surface area contributed by atoms with Crippen molar-refractivity contribution in [2.45, 2.75) is 25.3 Å². The zero-order valence-electron chi connectivity index (χ0n) is 16.6. The van der Waals surface area contributed by atoms with Crippen molar-refractivity contribution in [2.75, 3.05) is 18.9 Å². The number of nitrogens with one attached hydrogen (secondary N) is 3. The molecule has 1 saturated heterocycles. The molecular weight excluding hydrogens is 400 g/mol. The van der Waals surface area contributed by atoms with Crippen LogP contribution < -0.4 is 5.32 Å². The van der Waals surface area contributed by atoms with E-state index < -0.39 is 0 Å². The van der Waals surface area contributed by atoms with E-state index >= 15 is 0 Å². The van der Waals surface area contributed by atoms with Crippen molar-refractivity contribution in [3.8, 4) is 0 Å². The summed E-state index contributed by atoms with van der Waals surface area (Å²) in [4.78, 5) is 23.1. The van der Waals surface area contributed by atoms with Crippen LogP contribution in [0.5, 0.6) is 0 Å². The molecule has 1 atom stereocenters. The lowest BCUT2D eigenvalue weighted by atomic mass is 10.0. The van der Waals surface area contributed by atoms with Crippen LogP contribution in [0.1, 0.15) is 41.4 Å². The number of hydrogen-bond donors (Lipinski definition) is 3. The summed E-state index contributed by atoms with van der Waals surface area (Å²) in [7, 11) is 2.21. The van der Waals surface area contributed by atoms with Crippen molar-refractivity contribution in [3.05, 3.63) is 54.0 Å². The number of amides is 1. The lowest BCUT2D eigenvalue weighted by Crippen LogP contribution is -2.18. The van der Waals surface area contributed by atoms with Gasteiger partial charge in [-0.3, -0.25) is 14.8 Å². The third-order valence-electron chi connectivity index (χ3n) is 6.53. The highest BCUT2D eigenvalue weighted by atomic mass is 35.5. The summed E-state index contributed by atoms with van der Waals surface area (Å²) in [6.45, 7) is 1.19. The second kappa shape index (κ2) is 6.82. The Morgan fingerprint density at radius 3 is 2.83 bits per heavy atom. The molecule has 3 aromatic heterocycles. The van der Waals surface area contributed by atoms with Gasteiger partial charge in [0.05, 0.1) is 23.3 Å². The monoisotopic (exact) mass is 422 g/mol. The maximum atomic E-state index is 12.6. The fraction of sp³-hybridized carbons (Fsp3) is 0.318. The molecule has 1 aromatic carbocycles. The predicted molar refractivity (Wildman–Crippen MR) is 119 cm³/mol. The summed E-state index contributed by atoms with van der Waals surface area (Å²) >= 11 is 0. The number of nitrogens with zero attached hydrogens (tertiary/aromatic N) is 3. The third kappa shape index (κ3) is 3.14. The van der Waals surface area contributed by atoms with Crippen LogP contribution in [0.25, 0.3) is 21.8 Å². The molecule has 1 aliphatic carbocycles. The molecule has 0 bridgehead atoms. The second-order valence-electron chi connectivity index (χ2n) is 8.64. The number of carbonyl (C=O) groups excluding carboxylic acids is 1. The predicted octanol–water partition coefficient (Wildman–Crippen LogP) is 4.27. The number of aromatic nitrogens is 4. The molecule has 1 aliphatic heterocycles. The second-order valence-corrected chi connectivity index (χ2v) is 8.64. The molecule has 2 fully saturated rings. The zero-order valence-corrected chi connectivity index (χ0v) is 17.4. The molecule has 4 aromatic rings. The van der Waals surface area contributed by atoms with Crippen molar-refractivity contribution >= 4 is 45.9 Å². The summed E-state index contributed by atoms with van der Waals surface area (Å²) in [5.74, 6) is 0.352. The first-order valence-electron chi connectivity index (χ1n) is 10.0. The summed E-state index contributed by atoms with van der Waals surface area (Å²) in [5, 5.41) is 11.8. The molecular formula is C22H23ClN6O. The Morgan fingerprint density at radius 2 is 2.03 bits per heavy atom. The normalized spacial score (nSPS) is 20.0. The van der Waals surface area contributed by atoms with Crippen LogP contribution in [0.4, 0.5) is 5.82 Å². The number of fused-ring (bicyclic) bond motifs is 2. The molecule has 154 valence electrons. The van der Waals surface area contributed by atoms with Gasteiger partial charge in [-0.1, -0.05) is 6.07 Å². The van der Waals surface area contributed by atoms with Crippen LogP contribution >= 0.6 is 12.4 Å². The van der Waals surface area contributed by atoms with Crippen molar-refractivity contribution in [3.63, 3.8) is 0 Å². The number of hydrogen-bond acceptors (Lipinski definition) is 4. The van der Waals surface area contributed by atoms with E-state index in [9.17, 15) is 4.79 Å². The fourth-order valence-corrected chi connectivity index (χ4v) is 4.72. The number of pyridine rings is 1. The lowest BCUT2D eigenvalue weighted by molar-refractivity contribution is 0.102. The average molecular weight is 423 g/mol. The SMILES string of the molecule is CN1CC2(CC2)CC1c1cc2cnc(NC(=O)c3ccc4cn[nH]c4c3)cc2[nH]1.Cl. The number of rotatable bonds is 3. The Kier molecular flexibility index (Phi) is 4.34. The molecule has 30 heavy (non-hydrogen) atoms. The number of benzene rings is 1. The molecule has 3 N–H and O–H groups in total. The van der Waals surface area contributed by atoms with Crippen LogP contribution in [0, 0.1) is 5.41 Å². The van der Waals surface area contributed by atoms with E-state index in [1.807, 2.05) is 18.3 Å². The molecule has 0 radical (unpaired) electrons. The van der Waals surface area contributed by atoms with Gasteiger partial charge in [-0.2, -0.15) is 5.10 Å². The highest BCUT2D eigenvalue weighted by molar-refractivity contribution is 6.06. The molecule has 1 unspecified atom stereocenters. The van der Waals surface area contributed by atoms with Crippen molar-refractivity contribution in [1.82, 2.24) is 25.1 Å². The van der Waals surface area contributed by atoms with Gasteiger partial charge < -0.3 is 10.3 Å². The molecule has 4 heterocycles. The van der Waals surface area contributed by atoms with Gasteiger partial charge in [0.1, 0.15) is 5.82 Å². The Balaban J connectivity index is 0.00000193. The Morgan fingerprint density at radius 1 is 1.17 bits per heavy atom. The molecule has 8 heteroatoms. The number of halogens is 1. The molecule has 1 amide bonds. The lowest BCUT2D eigenvalue weighted by Gasteiger charge is -2.17. The van der Waals surface area contributed by atoms with Gasteiger partial charge in [0, 0.05) is 40.8 Å². The Bertz CT molecular complexity index is 1260. The molecule has 1 saturated carbocycles. The molecule has 1 spiro atoms. The number of anilines is 1. The van der Waals surface area contributed by atoms with Gasteiger partial charge in [0.15, 0.2) is 0 Å². The number of likely N-dealkylation sites (tertiary alicyclic amines) is 1. The standard InChI is InChI=1S/C22H22N6O.ClH/c1-28-12-22(4-5-22)9-19(28)18-7-15-10-23-20(8-16(15)25-18)26-21(29)13-2-3-14-11-24-27-17(14)6-13;/h2-3,6-8,10-11,19,25H,4-5,9,12H2,1H3,(H,24,27)(H,23,26,29);1H. The molecule has 2 aliphatic rings. The molecule has 6 rings (SSSR count).